The number of benzene rings is 1. The summed E-state index contributed by atoms with van der Waals surface area (Å²) in [5.74, 6) is -0.805. The predicted octanol–water partition coefficient (Wildman–Crippen LogP) is 1.78. The van der Waals surface area contributed by atoms with Gasteiger partial charge < -0.3 is 9.84 Å². The number of rotatable bonds is 8. The molecule has 1 N–H and O–H groups in total. The van der Waals surface area contributed by atoms with E-state index in [1.807, 2.05) is 17.0 Å². The molecule has 4 nitrogen and oxygen atoms in total. The van der Waals surface area contributed by atoms with Crippen LogP contribution >= 0.6 is 0 Å². The number of methoxy groups -OCH3 is 1. The molecule has 0 bridgehead atoms. The lowest BCUT2D eigenvalue weighted by Gasteiger charge is -2.21. The lowest BCUT2D eigenvalue weighted by atomic mass is 10.0. The van der Waals surface area contributed by atoms with Crippen LogP contribution < -0.4 is 0 Å². The van der Waals surface area contributed by atoms with Crippen molar-refractivity contribution >= 4 is 5.97 Å². The van der Waals surface area contributed by atoms with Crippen LogP contribution in [0.3, 0.4) is 0 Å². The summed E-state index contributed by atoms with van der Waals surface area (Å²) in [5.41, 5.74) is 2.46. The molecule has 18 heavy (non-hydrogen) atoms. The zero-order valence-electron chi connectivity index (χ0n) is 11.1. The van der Waals surface area contributed by atoms with Gasteiger partial charge in [0.1, 0.15) is 0 Å². The third-order valence-corrected chi connectivity index (χ3v) is 2.86. The molecular weight excluding hydrogens is 230 g/mol. The second-order valence-corrected chi connectivity index (χ2v) is 4.22. The van der Waals surface area contributed by atoms with E-state index in [0.29, 0.717) is 19.7 Å². The van der Waals surface area contributed by atoms with E-state index >= 15 is 0 Å². The van der Waals surface area contributed by atoms with Crippen molar-refractivity contribution in [2.45, 2.75) is 19.9 Å². The Kier molecular flexibility index (Phi) is 6.39. The minimum Gasteiger partial charge on any atom is -0.480 e. The van der Waals surface area contributed by atoms with E-state index in [1.165, 1.54) is 11.1 Å². The summed E-state index contributed by atoms with van der Waals surface area (Å²) in [4.78, 5) is 12.7. The maximum absolute atomic E-state index is 10.8. The zero-order chi connectivity index (χ0) is 13.4. The summed E-state index contributed by atoms with van der Waals surface area (Å²) in [5, 5.41) is 8.91. The molecule has 0 spiro atoms. The first-order chi connectivity index (χ1) is 8.67. The van der Waals surface area contributed by atoms with Crippen molar-refractivity contribution in [3.63, 3.8) is 0 Å². The van der Waals surface area contributed by atoms with Crippen molar-refractivity contribution in [2.75, 3.05) is 26.8 Å². The first-order valence-electron chi connectivity index (χ1n) is 6.17. The topological polar surface area (TPSA) is 49.8 Å². The van der Waals surface area contributed by atoms with Gasteiger partial charge in [-0.05, 0) is 17.5 Å². The molecule has 1 aromatic rings. The maximum atomic E-state index is 10.8. The molecule has 100 valence electrons. The molecule has 0 unspecified atom stereocenters. The zero-order valence-corrected chi connectivity index (χ0v) is 11.1. The monoisotopic (exact) mass is 251 g/mol. The molecule has 4 heteroatoms. The number of hydrogen-bond acceptors (Lipinski definition) is 3. The molecule has 0 heterocycles. The molecule has 1 aromatic carbocycles. The smallest absolute Gasteiger partial charge is 0.317 e. The number of hydrogen-bond donors (Lipinski definition) is 1. The van der Waals surface area contributed by atoms with Gasteiger partial charge in [-0.3, -0.25) is 9.69 Å². The first-order valence-corrected chi connectivity index (χ1v) is 6.17. The van der Waals surface area contributed by atoms with Gasteiger partial charge in [0.05, 0.1) is 13.2 Å². The summed E-state index contributed by atoms with van der Waals surface area (Å²) in [6.45, 7) is 3.97. The van der Waals surface area contributed by atoms with Crippen molar-refractivity contribution in [3.05, 3.63) is 35.4 Å². The molecule has 0 saturated heterocycles. The van der Waals surface area contributed by atoms with Gasteiger partial charge in [-0.15, -0.1) is 0 Å². The largest absolute Gasteiger partial charge is 0.480 e. The minimum absolute atomic E-state index is 0.0431. The number of ether oxygens (including phenoxy) is 1. The molecule has 0 aliphatic carbocycles. The van der Waals surface area contributed by atoms with Gasteiger partial charge in [-0.2, -0.15) is 0 Å². The summed E-state index contributed by atoms with van der Waals surface area (Å²) < 4.78 is 5.01. The van der Waals surface area contributed by atoms with Crippen molar-refractivity contribution in [1.82, 2.24) is 4.90 Å². The fourth-order valence-corrected chi connectivity index (χ4v) is 1.92. The van der Waals surface area contributed by atoms with Crippen LogP contribution in [0.2, 0.25) is 0 Å². The van der Waals surface area contributed by atoms with Gasteiger partial charge in [0.2, 0.25) is 0 Å². The Bertz CT molecular complexity index is 379. The second-order valence-electron chi connectivity index (χ2n) is 4.22. The quantitative estimate of drug-likeness (QED) is 0.765. The van der Waals surface area contributed by atoms with E-state index in [2.05, 4.69) is 19.1 Å². The van der Waals surface area contributed by atoms with Gasteiger partial charge in [0.25, 0.3) is 0 Å². The highest BCUT2D eigenvalue weighted by Crippen LogP contribution is 2.12. The summed E-state index contributed by atoms with van der Waals surface area (Å²) in [6.07, 6.45) is 0.960. The maximum Gasteiger partial charge on any atom is 0.317 e. The Hall–Kier alpha value is -1.39. The Morgan fingerprint density at radius 1 is 1.33 bits per heavy atom. The summed E-state index contributed by atoms with van der Waals surface area (Å²) in [7, 11) is 1.62. The highest BCUT2D eigenvalue weighted by Gasteiger charge is 2.11. The Morgan fingerprint density at radius 2 is 2.00 bits per heavy atom. The van der Waals surface area contributed by atoms with Gasteiger partial charge in [-0.1, -0.05) is 31.2 Å². The van der Waals surface area contributed by atoms with E-state index in [0.717, 1.165) is 6.42 Å². The van der Waals surface area contributed by atoms with Crippen molar-refractivity contribution in [2.24, 2.45) is 0 Å². The molecule has 0 saturated carbocycles. The molecule has 0 aromatic heterocycles. The second kappa shape index (κ2) is 7.84. The van der Waals surface area contributed by atoms with Gasteiger partial charge in [0, 0.05) is 20.2 Å². The number of nitrogens with zero attached hydrogens (tertiary/aromatic N) is 1. The molecule has 1 rings (SSSR count). The van der Waals surface area contributed by atoms with E-state index in [-0.39, 0.29) is 6.54 Å². The van der Waals surface area contributed by atoms with Gasteiger partial charge >= 0.3 is 5.97 Å². The van der Waals surface area contributed by atoms with E-state index in [1.54, 1.807) is 7.11 Å². The molecule has 0 fully saturated rings. The lowest BCUT2D eigenvalue weighted by molar-refractivity contribution is -0.138. The van der Waals surface area contributed by atoms with Gasteiger partial charge in [-0.25, -0.2) is 0 Å². The van der Waals surface area contributed by atoms with Crippen molar-refractivity contribution in [1.29, 1.82) is 0 Å². The first kappa shape index (κ1) is 14.7. The standard InChI is InChI=1S/C14H21NO3/c1-3-12-6-4-5-7-13(12)10-15(8-9-18-2)11-14(16)17/h4-7H,3,8-11H2,1-2H3,(H,16,17). The predicted molar refractivity (Wildman–Crippen MR) is 70.6 cm³/mol. The van der Waals surface area contributed by atoms with Gasteiger partial charge in [0.15, 0.2) is 0 Å². The average Bonchev–Trinajstić information content (AvgIpc) is 2.36. The van der Waals surface area contributed by atoms with Crippen LogP contribution in [0.5, 0.6) is 0 Å². The highest BCUT2D eigenvalue weighted by atomic mass is 16.5. The highest BCUT2D eigenvalue weighted by molar-refractivity contribution is 5.69. The van der Waals surface area contributed by atoms with Crippen LogP contribution in [-0.4, -0.2) is 42.8 Å². The molecule has 0 amide bonds. The third-order valence-electron chi connectivity index (χ3n) is 2.86. The molecule has 0 aliphatic heterocycles. The Morgan fingerprint density at radius 3 is 2.56 bits per heavy atom. The lowest BCUT2D eigenvalue weighted by Crippen LogP contribution is -2.32. The molecule has 0 atom stereocenters. The number of carbonyl (C=O) groups is 1. The normalized spacial score (nSPS) is 10.8. The third kappa shape index (κ3) is 4.85. The van der Waals surface area contributed by atoms with Crippen LogP contribution in [-0.2, 0) is 22.5 Å². The number of carboxylic acids is 1. The minimum atomic E-state index is -0.805. The summed E-state index contributed by atoms with van der Waals surface area (Å²) >= 11 is 0. The fourth-order valence-electron chi connectivity index (χ4n) is 1.92. The fraction of sp³-hybridized carbons (Fsp3) is 0.500. The summed E-state index contributed by atoms with van der Waals surface area (Å²) in [6, 6.07) is 8.15. The van der Waals surface area contributed by atoms with Crippen LogP contribution in [0.1, 0.15) is 18.1 Å². The van der Waals surface area contributed by atoms with Crippen molar-refractivity contribution < 1.29 is 14.6 Å². The van der Waals surface area contributed by atoms with Crippen LogP contribution in [0.25, 0.3) is 0 Å². The van der Waals surface area contributed by atoms with Crippen LogP contribution in [0.4, 0.5) is 0 Å². The SMILES string of the molecule is CCc1ccccc1CN(CCOC)CC(=O)O. The van der Waals surface area contributed by atoms with Crippen LogP contribution in [0, 0.1) is 0 Å². The average molecular weight is 251 g/mol. The molecule has 0 radical (unpaired) electrons. The molecular formula is C14H21NO3. The number of carboxylic acid groups (broad SMARTS) is 1. The Labute approximate surface area is 108 Å². The van der Waals surface area contributed by atoms with Crippen LogP contribution in [0.15, 0.2) is 24.3 Å². The van der Waals surface area contributed by atoms with E-state index in [9.17, 15) is 4.79 Å². The number of aryl methyl sites for hydroxylation is 1. The molecule has 0 aliphatic rings. The van der Waals surface area contributed by atoms with E-state index < -0.39 is 5.97 Å². The Balaban J connectivity index is 2.71. The van der Waals surface area contributed by atoms with E-state index in [4.69, 9.17) is 9.84 Å². The number of aliphatic carboxylic acids is 1. The van der Waals surface area contributed by atoms with Crippen molar-refractivity contribution in [3.8, 4) is 0 Å².